The van der Waals surface area contributed by atoms with Gasteiger partial charge in [-0.15, -0.1) is 0 Å². The van der Waals surface area contributed by atoms with Gasteiger partial charge in [0.15, 0.2) is 5.16 Å². The molecule has 0 aliphatic carbocycles. The molecule has 0 aliphatic rings. The van der Waals surface area contributed by atoms with Crippen molar-refractivity contribution in [2.45, 2.75) is 10.4 Å². The van der Waals surface area contributed by atoms with Crippen LogP contribution in [0.2, 0.25) is 0 Å². The summed E-state index contributed by atoms with van der Waals surface area (Å²) in [4.78, 5) is 19.1. The van der Waals surface area contributed by atoms with Gasteiger partial charge in [0, 0.05) is 0 Å². The minimum Gasteiger partial charge on any atom is -0.368 e. The van der Waals surface area contributed by atoms with Crippen LogP contribution in [0.25, 0.3) is 11.3 Å². The van der Waals surface area contributed by atoms with Crippen LogP contribution in [-0.2, 0) is 4.79 Å². The molecular formula is C17H14FN3OS. The van der Waals surface area contributed by atoms with Crippen LogP contribution in [0.4, 0.5) is 4.39 Å². The predicted molar refractivity (Wildman–Crippen MR) is 88.2 cm³/mol. The molecule has 3 rings (SSSR count). The van der Waals surface area contributed by atoms with Gasteiger partial charge in [0.1, 0.15) is 11.1 Å². The van der Waals surface area contributed by atoms with E-state index in [1.807, 2.05) is 30.3 Å². The zero-order valence-electron chi connectivity index (χ0n) is 12.1. The number of carbonyl (C=O) groups excluding carboxylic acids is 1. The fourth-order valence-electron chi connectivity index (χ4n) is 2.17. The first-order valence-electron chi connectivity index (χ1n) is 6.95. The number of rotatable bonds is 5. The molecule has 4 nitrogen and oxygen atoms in total. The number of hydrogen-bond donors (Lipinski definition) is 2. The second-order valence-electron chi connectivity index (χ2n) is 4.92. The van der Waals surface area contributed by atoms with E-state index in [-0.39, 0.29) is 5.82 Å². The van der Waals surface area contributed by atoms with E-state index < -0.39 is 11.2 Å². The van der Waals surface area contributed by atoms with Crippen LogP contribution in [0.3, 0.4) is 0 Å². The Hall–Kier alpha value is -2.60. The summed E-state index contributed by atoms with van der Waals surface area (Å²) >= 11 is 1.25. The fraction of sp³-hybridized carbons (Fsp3) is 0.0588. The number of primary amides is 1. The van der Waals surface area contributed by atoms with E-state index in [0.717, 1.165) is 16.8 Å². The van der Waals surface area contributed by atoms with Crippen LogP contribution in [-0.4, -0.2) is 15.9 Å². The Kier molecular flexibility index (Phi) is 4.43. The van der Waals surface area contributed by atoms with E-state index in [4.69, 9.17) is 5.73 Å². The summed E-state index contributed by atoms with van der Waals surface area (Å²) in [6, 6.07) is 15.4. The van der Waals surface area contributed by atoms with Crippen molar-refractivity contribution in [1.82, 2.24) is 9.97 Å². The van der Waals surface area contributed by atoms with Crippen molar-refractivity contribution in [2.75, 3.05) is 0 Å². The normalized spacial score (nSPS) is 12.0. The number of amides is 1. The first-order chi connectivity index (χ1) is 11.1. The van der Waals surface area contributed by atoms with Gasteiger partial charge in [0.25, 0.3) is 0 Å². The molecule has 1 aromatic heterocycles. The number of thioether (sulfide) groups is 1. The molecular weight excluding hydrogens is 313 g/mol. The first-order valence-corrected chi connectivity index (χ1v) is 7.83. The average Bonchev–Trinajstić information content (AvgIpc) is 3.02. The number of imidazole rings is 1. The Labute approximate surface area is 136 Å². The standard InChI is InChI=1S/C17H14FN3OS/c18-13-8-6-11(7-9-13)14-10-20-17(21-14)23-15(16(19)22)12-4-2-1-3-5-12/h1-10,15H,(H2,19,22)(H,20,21)/t15-/m0/s1. The monoisotopic (exact) mass is 327 g/mol. The molecule has 1 amide bonds. The van der Waals surface area contributed by atoms with Gasteiger partial charge in [-0.3, -0.25) is 4.79 Å². The first kappa shape index (κ1) is 15.3. The second kappa shape index (κ2) is 6.66. The molecule has 0 unspecified atom stereocenters. The smallest absolute Gasteiger partial charge is 0.235 e. The summed E-state index contributed by atoms with van der Waals surface area (Å²) in [5, 5.41) is 0.0559. The van der Waals surface area contributed by atoms with Crippen molar-refractivity contribution in [3.63, 3.8) is 0 Å². The third-order valence-electron chi connectivity index (χ3n) is 3.30. The highest BCUT2D eigenvalue weighted by molar-refractivity contribution is 8.00. The Morgan fingerprint density at radius 1 is 1.13 bits per heavy atom. The summed E-state index contributed by atoms with van der Waals surface area (Å²) < 4.78 is 13.0. The van der Waals surface area contributed by atoms with Gasteiger partial charge < -0.3 is 10.7 Å². The Morgan fingerprint density at radius 2 is 1.83 bits per heavy atom. The van der Waals surface area contributed by atoms with E-state index in [1.165, 1.54) is 23.9 Å². The highest BCUT2D eigenvalue weighted by Gasteiger charge is 2.20. The Bertz CT molecular complexity index is 802. The van der Waals surface area contributed by atoms with Crippen LogP contribution in [0, 0.1) is 5.82 Å². The van der Waals surface area contributed by atoms with E-state index in [1.54, 1.807) is 18.3 Å². The number of aromatic nitrogens is 2. The summed E-state index contributed by atoms with van der Waals surface area (Å²) in [6.45, 7) is 0. The lowest BCUT2D eigenvalue weighted by Crippen LogP contribution is -2.19. The number of benzene rings is 2. The number of aromatic amines is 1. The summed E-state index contributed by atoms with van der Waals surface area (Å²) in [5.41, 5.74) is 7.91. The average molecular weight is 327 g/mol. The maximum Gasteiger partial charge on any atom is 0.235 e. The van der Waals surface area contributed by atoms with Gasteiger partial charge in [-0.2, -0.15) is 0 Å². The third kappa shape index (κ3) is 3.60. The molecule has 3 aromatic rings. The molecule has 0 saturated heterocycles. The van der Waals surface area contributed by atoms with E-state index in [2.05, 4.69) is 9.97 Å². The molecule has 6 heteroatoms. The molecule has 1 atom stereocenters. The molecule has 3 N–H and O–H groups in total. The third-order valence-corrected chi connectivity index (χ3v) is 4.47. The lowest BCUT2D eigenvalue weighted by atomic mass is 10.1. The van der Waals surface area contributed by atoms with Crippen LogP contribution >= 0.6 is 11.8 Å². The van der Waals surface area contributed by atoms with Gasteiger partial charge in [-0.1, -0.05) is 42.1 Å². The summed E-state index contributed by atoms with van der Waals surface area (Å²) in [5.74, 6) is -0.721. The predicted octanol–water partition coefficient (Wildman–Crippen LogP) is 3.53. The van der Waals surface area contributed by atoms with Gasteiger partial charge in [0.2, 0.25) is 5.91 Å². The maximum atomic E-state index is 13.0. The topological polar surface area (TPSA) is 71.8 Å². The van der Waals surface area contributed by atoms with Crippen LogP contribution in [0.15, 0.2) is 66.0 Å². The highest BCUT2D eigenvalue weighted by atomic mass is 32.2. The number of nitrogens with zero attached hydrogens (tertiary/aromatic N) is 1. The number of carbonyl (C=O) groups is 1. The molecule has 1 heterocycles. The molecule has 23 heavy (non-hydrogen) atoms. The molecule has 2 aromatic carbocycles. The van der Waals surface area contributed by atoms with Crippen molar-refractivity contribution in [1.29, 1.82) is 0 Å². The Balaban J connectivity index is 1.82. The molecule has 0 saturated carbocycles. The van der Waals surface area contributed by atoms with Crippen molar-refractivity contribution in [3.05, 3.63) is 72.2 Å². The molecule has 0 radical (unpaired) electrons. The maximum absolute atomic E-state index is 13.0. The van der Waals surface area contributed by atoms with E-state index in [0.29, 0.717) is 5.16 Å². The zero-order valence-corrected chi connectivity index (χ0v) is 12.9. The van der Waals surface area contributed by atoms with Crippen LogP contribution < -0.4 is 5.73 Å². The quantitative estimate of drug-likeness (QED) is 0.704. The molecule has 0 aliphatic heterocycles. The van der Waals surface area contributed by atoms with Gasteiger partial charge >= 0.3 is 0 Å². The summed E-state index contributed by atoms with van der Waals surface area (Å²) in [6.07, 6.45) is 1.65. The lowest BCUT2D eigenvalue weighted by molar-refractivity contribution is -0.117. The number of halogens is 1. The molecule has 0 bridgehead atoms. The van der Waals surface area contributed by atoms with Crippen molar-refractivity contribution < 1.29 is 9.18 Å². The van der Waals surface area contributed by atoms with E-state index >= 15 is 0 Å². The van der Waals surface area contributed by atoms with Gasteiger partial charge in [-0.05, 0) is 35.4 Å². The molecule has 0 spiro atoms. The number of nitrogens with one attached hydrogen (secondary N) is 1. The fourth-order valence-corrected chi connectivity index (χ4v) is 3.08. The minimum absolute atomic E-state index is 0.291. The summed E-state index contributed by atoms with van der Waals surface area (Å²) in [7, 11) is 0. The minimum atomic E-state index is -0.525. The van der Waals surface area contributed by atoms with Crippen LogP contribution in [0.5, 0.6) is 0 Å². The van der Waals surface area contributed by atoms with Crippen LogP contribution in [0.1, 0.15) is 10.8 Å². The zero-order chi connectivity index (χ0) is 16.2. The second-order valence-corrected chi connectivity index (χ2v) is 6.01. The lowest BCUT2D eigenvalue weighted by Gasteiger charge is -2.11. The number of nitrogens with two attached hydrogens (primary N) is 1. The molecule has 0 fully saturated rings. The van der Waals surface area contributed by atoms with E-state index in [9.17, 15) is 9.18 Å². The number of hydrogen-bond acceptors (Lipinski definition) is 3. The SMILES string of the molecule is NC(=O)[C@@H](Sc1ncc(-c2ccc(F)cc2)[nH]1)c1ccccc1. The highest BCUT2D eigenvalue weighted by Crippen LogP contribution is 2.34. The van der Waals surface area contributed by atoms with Crippen molar-refractivity contribution in [2.24, 2.45) is 5.73 Å². The van der Waals surface area contributed by atoms with Gasteiger partial charge in [-0.25, -0.2) is 9.37 Å². The van der Waals surface area contributed by atoms with Crippen molar-refractivity contribution in [3.8, 4) is 11.3 Å². The van der Waals surface area contributed by atoms with Crippen molar-refractivity contribution >= 4 is 17.7 Å². The molecule has 116 valence electrons. The van der Waals surface area contributed by atoms with Gasteiger partial charge in [0.05, 0.1) is 11.9 Å². The number of H-pyrrole nitrogens is 1. The Morgan fingerprint density at radius 3 is 2.48 bits per heavy atom. The largest absolute Gasteiger partial charge is 0.368 e.